The van der Waals surface area contributed by atoms with Gasteiger partial charge in [0.25, 0.3) is 11.5 Å². The zero-order valence-electron chi connectivity index (χ0n) is 25.2. The first-order chi connectivity index (χ1) is 19.7. The second-order valence-electron chi connectivity index (χ2n) is 10.9. The zero-order valence-corrected chi connectivity index (χ0v) is 26.8. The monoisotopic (exact) mass is 600 g/mol. The first-order valence-corrected chi connectivity index (χ1v) is 16.3. The van der Waals surface area contributed by atoms with Crippen molar-refractivity contribution in [2.45, 2.75) is 92.5 Å². The molecule has 2 aliphatic rings. The van der Waals surface area contributed by atoms with E-state index in [1.165, 1.54) is 11.8 Å². The molecule has 10 heteroatoms. The number of anilines is 1. The normalized spacial score (nSPS) is 17.8. The standard InChI is InChI=1S/C31H44N4O4S2/c1-6-10-12-22(8-3)20-35-29(37)26(41-31(35)40)18-24-21(5)25(19-32)28(36)34(15-11-7-2)27(24)33-16-13-23(14-17-33)30(38)39-9-4/h18,22-23H,6-17,20H2,1-5H3. The van der Waals surface area contributed by atoms with E-state index in [1.54, 1.807) is 16.4 Å². The minimum Gasteiger partial charge on any atom is -0.466 e. The van der Waals surface area contributed by atoms with E-state index in [1.807, 2.05) is 13.0 Å². The fraction of sp³-hybridized carbons (Fsp3) is 0.645. The maximum absolute atomic E-state index is 13.7. The van der Waals surface area contributed by atoms with Crippen molar-refractivity contribution in [1.82, 2.24) is 9.47 Å². The van der Waals surface area contributed by atoms with E-state index in [2.05, 4.69) is 31.7 Å². The number of pyridine rings is 1. The van der Waals surface area contributed by atoms with E-state index >= 15 is 0 Å². The zero-order chi connectivity index (χ0) is 30.1. The van der Waals surface area contributed by atoms with Gasteiger partial charge in [0, 0.05) is 31.7 Å². The maximum atomic E-state index is 13.7. The summed E-state index contributed by atoms with van der Waals surface area (Å²) in [7, 11) is 0. The molecular formula is C31H44N4O4S2. The summed E-state index contributed by atoms with van der Waals surface area (Å²) in [6.45, 7) is 12.5. The number of carbonyl (C=O) groups is 2. The summed E-state index contributed by atoms with van der Waals surface area (Å²) in [4.78, 5) is 44.0. The molecule has 224 valence electrons. The Kier molecular flexibility index (Phi) is 12.5. The number of aromatic nitrogens is 1. The lowest BCUT2D eigenvalue weighted by Crippen LogP contribution is -2.41. The Bertz CT molecular complexity index is 1260. The molecule has 1 aromatic heterocycles. The van der Waals surface area contributed by atoms with Crippen LogP contribution in [-0.2, 0) is 20.9 Å². The lowest BCUT2D eigenvalue weighted by molar-refractivity contribution is -0.148. The van der Waals surface area contributed by atoms with Crippen molar-refractivity contribution in [1.29, 1.82) is 5.26 Å². The van der Waals surface area contributed by atoms with E-state index < -0.39 is 0 Å². The molecule has 0 saturated carbocycles. The number of thioether (sulfide) groups is 1. The Morgan fingerprint density at radius 1 is 1.17 bits per heavy atom. The Hall–Kier alpha value is -2.64. The summed E-state index contributed by atoms with van der Waals surface area (Å²) in [5, 5.41) is 9.97. The Morgan fingerprint density at radius 2 is 1.85 bits per heavy atom. The van der Waals surface area contributed by atoms with Crippen LogP contribution in [0.25, 0.3) is 6.08 Å². The van der Waals surface area contributed by atoms with Crippen molar-refractivity contribution >= 4 is 52.1 Å². The van der Waals surface area contributed by atoms with Crippen molar-refractivity contribution in [2.75, 3.05) is 31.1 Å². The number of amides is 1. The molecule has 1 amide bonds. The number of hydrogen-bond acceptors (Lipinski definition) is 8. The molecule has 0 spiro atoms. The van der Waals surface area contributed by atoms with Gasteiger partial charge < -0.3 is 9.64 Å². The molecule has 0 aromatic carbocycles. The van der Waals surface area contributed by atoms with E-state index in [0.29, 0.717) is 77.7 Å². The Labute approximate surface area is 254 Å². The van der Waals surface area contributed by atoms with Crippen LogP contribution in [-0.4, -0.2) is 51.9 Å². The smallest absolute Gasteiger partial charge is 0.309 e. The van der Waals surface area contributed by atoms with Gasteiger partial charge in [0.15, 0.2) is 0 Å². The van der Waals surface area contributed by atoms with Crippen molar-refractivity contribution < 1.29 is 14.3 Å². The van der Waals surface area contributed by atoms with Crippen LogP contribution in [0.4, 0.5) is 5.82 Å². The van der Waals surface area contributed by atoms with Crippen molar-refractivity contribution in [3.05, 3.63) is 31.9 Å². The van der Waals surface area contributed by atoms with Crippen LogP contribution in [0.2, 0.25) is 0 Å². The van der Waals surface area contributed by atoms with Gasteiger partial charge in [-0.3, -0.25) is 23.9 Å². The number of thiocarbonyl (C=S) groups is 1. The third kappa shape index (κ3) is 7.61. The van der Waals surface area contributed by atoms with Gasteiger partial charge in [0.2, 0.25) is 0 Å². The Morgan fingerprint density at radius 3 is 2.44 bits per heavy atom. The number of ether oxygens (including phenoxy) is 1. The molecule has 2 aliphatic heterocycles. The van der Waals surface area contributed by atoms with Crippen LogP contribution in [0.5, 0.6) is 0 Å². The minimum absolute atomic E-state index is 0.0959. The third-order valence-corrected chi connectivity index (χ3v) is 9.51. The second kappa shape index (κ2) is 15.5. The topological polar surface area (TPSA) is 95.6 Å². The predicted molar refractivity (Wildman–Crippen MR) is 170 cm³/mol. The highest BCUT2D eigenvalue weighted by Gasteiger charge is 2.35. The number of carbonyl (C=O) groups excluding carboxylic acids is 2. The van der Waals surface area contributed by atoms with E-state index in [9.17, 15) is 19.6 Å². The Balaban J connectivity index is 2.06. The molecule has 1 aromatic rings. The summed E-state index contributed by atoms with van der Waals surface area (Å²) < 4.78 is 7.50. The summed E-state index contributed by atoms with van der Waals surface area (Å²) in [6, 6.07) is 2.12. The first-order valence-electron chi connectivity index (χ1n) is 15.1. The van der Waals surface area contributed by atoms with E-state index in [0.717, 1.165) is 38.5 Å². The van der Waals surface area contributed by atoms with Crippen LogP contribution in [0.1, 0.15) is 95.8 Å². The lowest BCUT2D eigenvalue weighted by atomic mass is 9.95. The maximum Gasteiger partial charge on any atom is 0.309 e. The van der Waals surface area contributed by atoms with Gasteiger partial charge in [0.05, 0.1) is 17.4 Å². The molecule has 2 fully saturated rings. The molecule has 2 saturated heterocycles. The van der Waals surface area contributed by atoms with Gasteiger partial charge in [0.1, 0.15) is 21.8 Å². The van der Waals surface area contributed by atoms with Crippen molar-refractivity contribution in [3.63, 3.8) is 0 Å². The van der Waals surface area contributed by atoms with E-state index in [4.69, 9.17) is 17.0 Å². The lowest BCUT2D eigenvalue weighted by Gasteiger charge is -2.35. The summed E-state index contributed by atoms with van der Waals surface area (Å²) >= 11 is 6.94. The number of unbranched alkanes of at least 4 members (excludes halogenated alkanes) is 2. The molecule has 8 nitrogen and oxygen atoms in total. The van der Waals surface area contributed by atoms with Gasteiger partial charge in [-0.05, 0) is 57.1 Å². The fourth-order valence-electron chi connectivity index (χ4n) is 5.56. The van der Waals surface area contributed by atoms with Crippen LogP contribution in [0.15, 0.2) is 9.70 Å². The summed E-state index contributed by atoms with van der Waals surface area (Å²) in [6.07, 6.45) is 8.98. The highest BCUT2D eigenvalue weighted by atomic mass is 32.2. The number of piperidine rings is 1. The van der Waals surface area contributed by atoms with Crippen molar-refractivity contribution in [2.24, 2.45) is 11.8 Å². The summed E-state index contributed by atoms with van der Waals surface area (Å²) in [5.74, 6) is 0.615. The molecule has 1 atom stereocenters. The fourth-order valence-corrected chi connectivity index (χ4v) is 6.82. The predicted octanol–water partition coefficient (Wildman–Crippen LogP) is 6.03. The van der Waals surface area contributed by atoms with E-state index in [-0.39, 0.29) is 28.9 Å². The average Bonchev–Trinajstić information content (AvgIpc) is 3.23. The number of nitrogens with zero attached hydrogens (tertiary/aromatic N) is 4. The first kappa shape index (κ1) is 32.9. The van der Waals surface area contributed by atoms with Gasteiger partial charge in [-0.25, -0.2) is 0 Å². The van der Waals surface area contributed by atoms with Gasteiger partial charge >= 0.3 is 5.97 Å². The molecular weight excluding hydrogens is 556 g/mol. The third-order valence-electron chi connectivity index (χ3n) is 8.13. The average molecular weight is 601 g/mol. The van der Waals surface area contributed by atoms with Gasteiger partial charge in [-0.1, -0.05) is 70.4 Å². The number of rotatable bonds is 13. The second-order valence-corrected chi connectivity index (χ2v) is 12.6. The molecule has 41 heavy (non-hydrogen) atoms. The summed E-state index contributed by atoms with van der Waals surface area (Å²) in [5.41, 5.74) is 1.05. The van der Waals surface area contributed by atoms with Gasteiger partial charge in [-0.15, -0.1) is 0 Å². The van der Waals surface area contributed by atoms with Crippen LogP contribution < -0.4 is 10.5 Å². The quantitative estimate of drug-likeness (QED) is 0.154. The molecule has 0 radical (unpaired) electrons. The molecule has 3 heterocycles. The highest BCUT2D eigenvalue weighted by molar-refractivity contribution is 8.26. The van der Waals surface area contributed by atoms with Crippen LogP contribution >= 0.6 is 24.0 Å². The number of hydrogen-bond donors (Lipinski definition) is 0. The minimum atomic E-state index is -0.313. The molecule has 0 N–H and O–H groups in total. The molecule has 0 aliphatic carbocycles. The highest BCUT2D eigenvalue weighted by Crippen LogP contribution is 2.37. The number of nitriles is 1. The largest absolute Gasteiger partial charge is 0.466 e. The van der Waals surface area contributed by atoms with Crippen LogP contribution in [0.3, 0.4) is 0 Å². The van der Waals surface area contributed by atoms with Gasteiger partial charge in [-0.2, -0.15) is 5.26 Å². The molecule has 0 bridgehead atoms. The molecule has 1 unspecified atom stereocenters. The van der Waals surface area contributed by atoms with Crippen LogP contribution in [0, 0.1) is 30.1 Å². The van der Waals surface area contributed by atoms with Crippen molar-refractivity contribution in [3.8, 4) is 6.07 Å². The SMILES string of the molecule is CCCCC(CC)CN1C(=O)C(=Cc2c(C)c(C#N)c(=O)n(CCCC)c2N2CCC(C(=O)OCC)CC2)SC1=S. The molecule has 3 rings (SSSR count). The number of esters is 1.